The van der Waals surface area contributed by atoms with Gasteiger partial charge in [-0.1, -0.05) is 25.0 Å². The SMILES string of the molecule is CCNC(=NCc1cccc(C(F)(F)F)c1)NCC1(O)CCCC1.I. The van der Waals surface area contributed by atoms with Crippen LogP contribution in [0.4, 0.5) is 13.2 Å². The van der Waals surface area contributed by atoms with E-state index in [0.29, 0.717) is 24.6 Å². The minimum atomic E-state index is -4.35. The summed E-state index contributed by atoms with van der Waals surface area (Å²) in [6.07, 6.45) is -0.819. The first-order valence-corrected chi connectivity index (χ1v) is 8.23. The molecule has 0 spiro atoms. The number of benzene rings is 1. The van der Waals surface area contributed by atoms with E-state index in [1.54, 1.807) is 6.07 Å². The lowest BCUT2D eigenvalue weighted by atomic mass is 10.0. The van der Waals surface area contributed by atoms with Crippen LogP contribution in [0.15, 0.2) is 29.3 Å². The number of hydrogen-bond donors (Lipinski definition) is 3. The molecule has 8 heteroatoms. The van der Waals surface area contributed by atoms with Crippen LogP contribution in [-0.4, -0.2) is 29.8 Å². The highest BCUT2D eigenvalue weighted by atomic mass is 127. The lowest BCUT2D eigenvalue weighted by molar-refractivity contribution is -0.137. The van der Waals surface area contributed by atoms with E-state index in [2.05, 4.69) is 15.6 Å². The van der Waals surface area contributed by atoms with Crippen LogP contribution >= 0.6 is 24.0 Å². The second kappa shape index (κ2) is 9.61. The maximum Gasteiger partial charge on any atom is 0.416 e. The van der Waals surface area contributed by atoms with Gasteiger partial charge in [0, 0.05) is 13.1 Å². The number of halogens is 4. The predicted octanol–water partition coefficient (Wildman–Crippen LogP) is 3.68. The number of aliphatic imine (C=N–C) groups is 1. The minimum Gasteiger partial charge on any atom is -0.388 e. The summed E-state index contributed by atoms with van der Waals surface area (Å²) in [6.45, 7) is 3.07. The summed E-state index contributed by atoms with van der Waals surface area (Å²) >= 11 is 0. The number of guanidine groups is 1. The largest absolute Gasteiger partial charge is 0.416 e. The Kier molecular flexibility index (Phi) is 8.46. The molecule has 0 saturated heterocycles. The van der Waals surface area contributed by atoms with Crippen LogP contribution in [-0.2, 0) is 12.7 Å². The zero-order valence-corrected chi connectivity index (χ0v) is 16.5. The molecular weight excluding hydrogens is 446 g/mol. The number of nitrogens with one attached hydrogen (secondary N) is 2. The molecule has 1 aromatic rings. The molecular formula is C17H25F3IN3O. The molecule has 0 bridgehead atoms. The Hall–Kier alpha value is -1.03. The average Bonchev–Trinajstić information content (AvgIpc) is 2.97. The summed E-state index contributed by atoms with van der Waals surface area (Å²) in [5, 5.41) is 16.5. The highest BCUT2D eigenvalue weighted by Crippen LogP contribution is 2.30. The van der Waals surface area contributed by atoms with E-state index in [1.165, 1.54) is 6.07 Å². The summed E-state index contributed by atoms with van der Waals surface area (Å²) in [6, 6.07) is 5.16. The van der Waals surface area contributed by atoms with Crippen molar-refractivity contribution in [1.29, 1.82) is 0 Å². The van der Waals surface area contributed by atoms with Crippen LogP contribution in [0.3, 0.4) is 0 Å². The van der Waals surface area contributed by atoms with Gasteiger partial charge in [0.25, 0.3) is 0 Å². The number of aliphatic hydroxyl groups is 1. The van der Waals surface area contributed by atoms with Gasteiger partial charge in [0.1, 0.15) is 0 Å². The van der Waals surface area contributed by atoms with Crippen LogP contribution in [0, 0.1) is 0 Å². The van der Waals surface area contributed by atoms with E-state index in [4.69, 9.17) is 0 Å². The first-order valence-electron chi connectivity index (χ1n) is 8.23. The molecule has 0 unspecified atom stereocenters. The third kappa shape index (κ3) is 7.01. The van der Waals surface area contributed by atoms with Gasteiger partial charge in [-0.2, -0.15) is 13.2 Å². The first kappa shape index (κ1) is 22.0. The van der Waals surface area contributed by atoms with Crippen LogP contribution in [0.5, 0.6) is 0 Å². The number of rotatable bonds is 5. The second-order valence-corrected chi connectivity index (χ2v) is 6.18. The Morgan fingerprint density at radius 2 is 1.92 bits per heavy atom. The molecule has 1 fully saturated rings. The van der Waals surface area contributed by atoms with Gasteiger partial charge in [0.15, 0.2) is 5.96 Å². The molecule has 4 nitrogen and oxygen atoms in total. The third-order valence-corrected chi connectivity index (χ3v) is 4.14. The Morgan fingerprint density at radius 1 is 1.24 bits per heavy atom. The zero-order chi connectivity index (χ0) is 17.6. The fourth-order valence-electron chi connectivity index (χ4n) is 2.82. The highest BCUT2D eigenvalue weighted by Gasteiger charge is 2.31. The van der Waals surface area contributed by atoms with Gasteiger partial charge in [-0.3, -0.25) is 0 Å². The van der Waals surface area contributed by atoms with Crippen molar-refractivity contribution in [1.82, 2.24) is 10.6 Å². The average molecular weight is 471 g/mol. The molecule has 0 heterocycles. The van der Waals surface area contributed by atoms with Gasteiger partial charge < -0.3 is 15.7 Å². The summed E-state index contributed by atoms with van der Waals surface area (Å²) in [5.74, 6) is 0.496. The molecule has 2 rings (SSSR count). The van der Waals surface area contributed by atoms with Gasteiger partial charge in [-0.25, -0.2) is 4.99 Å². The Morgan fingerprint density at radius 3 is 2.52 bits per heavy atom. The van der Waals surface area contributed by atoms with E-state index in [0.717, 1.165) is 37.8 Å². The summed E-state index contributed by atoms with van der Waals surface area (Å²) < 4.78 is 38.2. The number of hydrogen-bond acceptors (Lipinski definition) is 2. The van der Waals surface area contributed by atoms with E-state index < -0.39 is 17.3 Å². The fourth-order valence-corrected chi connectivity index (χ4v) is 2.82. The molecule has 0 atom stereocenters. The van der Waals surface area contributed by atoms with Gasteiger partial charge in [-0.15, -0.1) is 24.0 Å². The third-order valence-electron chi connectivity index (χ3n) is 4.14. The molecule has 142 valence electrons. The van der Waals surface area contributed by atoms with Crippen molar-refractivity contribution >= 4 is 29.9 Å². The van der Waals surface area contributed by atoms with Crippen molar-refractivity contribution in [2.75, 3.05) is 13.1 Å². The quantitative estimate of drug-likeness (QED) is 0.349. The Labute approximate surface area is 163 Å². The topological polar surface area (TPSA) is 56.7 Å². The predicted molar refractivity (Wildman–Crippen MR) is 103 cm³/mol. The summed E-state index contributed by atoms with van der Waals surface area (Å²) in [4.78, 5) is 4.31. The zero-order valence-electron chi connectivity index (χ0n) is 14.2. The van der Waals surface area contributed by atoms with Crippen molar-refractivity contribution in [3.63, 3.8) is 0 Å². The van der Waals surface area contributed by atoms with Crippen LogP contribution < -0.4 is 10.6 Å². The van der Waals surface area contributed by atoms with E-state index in [9.17, 15) is 18.3 Å². The number of nitrogens with zero attached hydrogens (tertiary/aromatic N) is 1. The maximum absolute atomic E-state index is 12.7. The molecule has 0 radical (unpaired) electrons. The van der Waals surface area contributed by atoms with Crippen molar-refractivity contribution in [3.8, 4) is 0 Å². The van der Waals surface area contributed by atoms with Gasteiger partial charge >= 0.3 is 6.18 Å². The van der Waals surface area contributed by atoms with Crippen molar-refractivity contribution in [2.45, 2.75) is 50.9 Å². The number of alkyl halides is 3. The Bertz CT molecular complexity index is 573. The van der Waals surface area contributed by atoms with Gasteiger partial charge in [-0.05, 0) is 37.5 Å². The van der Waals surface area contributed by atoms with Gasteiger partial charge in [0.05, 0.1) is 17.7 Å². The van der Waals surface area contributed by atoms with E-state index >= 15 is 0 Å². The molecule has 1 aliphatic rings. The van der Waals surface area contributed by atoms with Crippen LogP contribution in [0.2, 0.25) is 0 Å². The molecule has 0 amide bonds. The smallest absolute Gasteiger partial charge is 0.388 e. The fraction of sp³-hybridized carbons (Fsp3) is 0.588. The molecule has 3 N–H and O–H groups in total. The monoisotopic (exact) mass is 471 g/mol. The highest BCUT2D eigenvalue weighted by molar-refractivity contribution is 14.0. The van der Waals surface area contributed by atoms with Crippen LogP contribution in [0.1, 0.15) is 43.7 Å². The first-order chi connectivity index (χ1) is 11.3. The molecule has 0 aromatic heterocycles. The van der Waals surface area contributed by atoms with Crippen molar-refractivity contribution in [3.05, 3.63) is 35.4 Å². The maximum atomic E-state index is 12.7. The normalized spacial score (nSPS) is 17.1. The van der Waals surface area contributed by atoms with Crippen molar-refractivity contribution in [2.24, 2.45) is 4.99 Å². The summed E-state index contributed by atoms with van der Waals surface area (Å²) in [5.41, 5.74) is -0.901. The summed E-state index contributed by atoms with van der Waals surface area (Å²) in [7, 11) is 0. The van der Waals surface area contributed by atoms with E-state index in [-0.39, 0.29) is 30.5 Å². The Balaban J connectivity index is 0.00000312. The van der Waals surface area contributed by atoms with Crippen molar-refractivity contribution < 1.29 is 18.3 Å². The molecule has 0 aliphatic heterocycles. The standard InChI is InChI=1S/C17H24F3N3O.HI/c1-2-21-15(23-12-16(24)8-3-4-9-16)22-11-13-6-5-7-14(10-13)17(18,19)20;/h5-7,10,24H,2-4,8-9,11-12H2,1H3,(H2,21,22,23);1H. The second-order valence-electron chi connectivity index (χ2n) is 6.18. The molecule has 1 aliphatic carbocycles. The van der Waals surface area contributed by atoms with Crippen LogP contribution in [0.25, 0.3) is 0 Å². The minimum absolute atomic E-state index is 0. The lowest BCUT2D eigenvalue weighted by Crippen LogP contribution is -2.46. The molecule has 1 saturated carbocycles. The molecule has 1 aromatic carbocycles. The molecule has 25 heavy (non-hydrogen) atoms. The lowest BCUT2D eigenvalue weighted by Gasteiger charge is -2.23. The van der Waals surface area contributed by atoms with E-state index in [1.807, 2.05) is 6.92 Å². The van der Waals surface area contributed by atoms with Gasteiger partial charge in [0.2, 0.25) is 0 Å².